The molecule has 0 amide bonds. The summed E-state index contributed by atoms with van der Waals surface area (Å²) >= 11 is 3.44. The highest BCUT2D eigenvalue weighted by molar-refractivity contribution is 9.10. The molecule has 0 aromatic carbocycles. The molecule has 2 aromatic heterocycles. The van der Waals surface area contributed by atoms with E-state index in [1.165, 1.54) is 6.42 Å². The number of ether oxygens (including phenoxy) is 2. The first-order valence-corrected chi connectivity index (χ1v) is 6.79. The van der Waals surface area contributed by atoms with Crippen LogP contribution in [0.4, 0.5) is 0 Å². The highest BCUT2D eigenvalue weighted by atomic mass is 79.9. The summed E-state index contributed by atoms with van der Waals surface area (Å²) in [6.07, 6.45) is 3.31. The van der Waals surface area contributed by atoms with Gasteiger partial charge in [0, 0.05) is 12.7 Å². The van der Waals surface area contributed by atoms with E-state index in [1.54, 1.807) is 7.11 Å². The lowest BCUT2D eigenvalue weighted by molar-refractivity contribution is -0.0368. The van der Waals surface area contributed by atoms with Gasteiger partial charge in [-0.05, 0) is 41.3 Å². The van der Waals surface area contributed by atoms with Crippen molar-refractivity contribution in [3.63, 3.8) is 0 Å². The highest BCUT2D eigenvalue weighted by Gasteiger charge is 2.21. The molecule has 0 N–H and O–H groups in total. The summed E-state index contributed by atoms with van der Waals surface area (Å²) < 4.78 is 13.5. The van der Waals surface area contributed by atoms with Crippen LogP contribution in [0.25, 0.3) is 11.0 Å². The highest BCUT2D eigenvalue weighted by Crippen LogP contribution is 2.30. The van der Waals surface area contributed by atoms with Gasteiger partial charge in [0.15, 0.2) is 10.8 Å². The Morgan fingerprint density at radius 3 is 3.06 bits per heavy atom. The number of nitrogens with zero attached hydrogens (tertiary/aromatic N) is 3. The number of methoxy groups -OCH3 is 1. The predicted octanol–water partition coefficient (Wildman–Crippen LogP) is 2.90. The molecule has 1 aliphatic rings. The fraction of sp³-hybridized carbons (Fsp3) is 0.500. The van der Waals surface area contributed by atoms with Crippen molar-refractivity contribution in [2.75, 3.05) is 13.7 Å². The topological polar surface area (TPSA) is 49.2 Å². The van der Waals surface area contributed by atoms with Crippen LogP contribution < -0.4 is 4.74 Å². The van der Waals surface area contributed by atoms with Crippen LogP contribution in [0.3, 0.4) is 0 Å². The first-order chi connectivity index (χ1) is 8.79. The summed E-state index contributed by atoms with van der Waals surface area (Å²) in [5.41, 5.74) is 1.78. The van der Waals surface area contributed by atoms with E-state index < -0.39 is 0 Å². The Kier molecular flexibility index (Phi) is 3.22. The van der Waals surface area contributed by atoms with Gasteiger partial charge in [0.05, 0.1) is 12.6 Å². The Balaban J connectivity index is 2.07. The van der Waals surface area contributed by atoms with Gasteiger partial charge in [0.1, 0.15) is 5.52 Å². The third kappa shape index (κ3) is 1.99. The van der Waals surface area contributed by atoms with Crippen LogP contribution in [0.2, 0.25) is 0 Å². The molecule has 2 aromatic rings. The summed E-state index contributed by atoms with van der Waals surface area (Å²) in [7, 11) is 1.61. The van der Waals surface area contributed by atoms with Crippen molar-refractivity contribution < 1.29 is 9.47 Å². The monoisotopic (exact) mass is 311 g/mol. The van der Waals surface area contributed by atoms with Crippen molar-refractivity contribution in [2.45, 2.75) is 25.5 Å². The van der Waals surface area contributed by atoms with E-state index in [0.29, 0.717) is 5.88 Å². The minimum Gasteiger partial charge on any atom is -0.481 e. The molecule has 96 valence electrons. The van der Waals surface area contributed by atoms with Crippen molar-refractivity contribution >= 4 is 27.0 Å². The van der Waals surface area contributed by atoms with Gasteiger partial charge >= 0.3 is 0 Å². The number of aromatic nitrogens is 3. The van der Waals surface area contributed by atoms with Crippen molar-refractivity contribution in [3.8, 4) is 5.88 Å². The number of halogens is 1. The Bertz CT molecular complexity index is 564. The Labute approximate surface area is 113 Å². The maximum absolute atomic E-state index is 5.76. The van der Waals surface area contributed by atoms with E-state index in [0.717, 1.165) is 35.1 Å². The maximum atomic E-state index is 5.76. The van der Waals surface area contributed by atoms with Gasteiger partial charge in [0.2, 0.25) is 5.88 Å². The van der Waals surface area contributed by atoms with Crippen LogP contribution in [-0.4, -0.2) is 28.5 Å². The molecule has 1 aliphatic heterocycles. The molecule has 1 unspecified atom stereocenters. The molecule has 3 rings (SSSR count). The second kappa shape index (κ2) is 4.85. The molecule has 0 spiro atoms. The van der Waals surface area contributed by atoms with Gasteiger partial charge in [-0.15, -0.1) is 0 Å². The van der Waals surface area contributed by atoms with Crippen molar-refractivity contribution in [2.24, 2.45) is 0 Å². The number of hydrogen-bond donors (Lipinski definition) is 0. The van der Waals surface area contributed by atoms with Gasteiger partial charge < -0.3 is 9.47 Å². The summed E-state index contributed by atoms with van der Waals surface area (Å²) in [6.45, 7) is 0.799. The Morgan fingerprint density at radius 2 is 2.33 bits per heavy atom. The van der Waals surface area contributed by atoms with E-state index in [4.69, 9.17) is 9.47 Å². The standard InChI is InChI=1S/C12H14BrN3O2/c1-17-9-6-5-8-11(14-9)12(13)15-16(8)10-4-2-3-7-18-10/h5-6,10H,2-4,7H2,1H3. The largest absolute Gasteiger partial charge is 0.481 e. The van der Waals surface area contributed by atoms with Crippen LogP contribution in [0.1, 0.15) is 25.5 Å². The lowest BCUT2D eigenvalue weighted by Crippen LogP contribution is -2.19. The Hall–Kier alpha value is -1.14. The molecule has 0 radical (unpaired) electrons. The third-order valence-electron chi connectivity index (χ3n) is 3.12. The van der Waals surface area contributed by atoms with E-state index in [2.05, 4.69) is 26.0 Å². The second-order valence-corrected chi connectivity index (χ2v) is 5.03. The molecule has 0 saturated carbocycles. The van der Waals surface area contributed by atoms with Crippen LogP contribution in [0, 0.1) is 0 Å². The van der Waals surface area contributed by atoms with Crippen LogP contribution >= 0.6 is 15.9 Å². The fourth-order valence-corrected chi connectivity index (χ4v) is 2.68. The smallest absolute Gasteiger partial charge is 0.213 e. The fourth-order valence-electron chi connectivity index (χ4n) is 2.22. The molecular weight excluding hydrogens is 298 g/mol. The average Bonchev–Trinajstić information content (AvgIpc) is 2.77. The molecule has 1 atom stereocenters. The zero-order chi connectivity index (χ0) is 12.5. The van der Waals surface area contributed by atoms with Crippen molar-refractivity contribution in [3.05, 3.63) is 16.7 Å². The Morgan fingerprint density at radius 1 is 1.44 bits per heavy atom. The minimum atomic E-state index is 0.0164. The number of fused-ring (bicyclic) bond motifs is 1. The molecular formula is C12H14BrN3O2. The number of rotatable bonds is 2. The molecule has 3 heterocycles. The van der Waals surface area contributed by atoms with Crippen LogP contribution in [0.5, 0.6) is 5.88 Å². The van der Waals surface area contributed by atoms with Gasteiger partial charge in [-0.25, -0.2) is 9.67 Å². The van der Waals surface area contributed by atoms with Crippen LogP contribution in [-0.2, 0) is 4.74 Å². The average molecular weight is 312 g/mol. The van der Waals surface area contributed by atoms with Crippen molar-refractivity contribution in [1.29, 1.82) is 0 Å². The van der Waals surface area contributed by atoms with E-state index in [-0.39, 0.29) is 6.23 Å². The van der Waals surface area contributed by atoms with E-state index in [9.17, 15) is 0 Å². The van der Waals surface area contributed by atoms with Gasteiger partial charge in [-0.1, -0.05) is 0 Å². The molecule has 18 heavy (non-hydrogen) atoms. The number of hydrogen-bond acceptors (Lipinski definition) is 4. The van der Waals surface area contributed by atoms with Gasteiger partial charge in [-0.3, -0.25) is 0 Å². The number of pyridine rings is 1. The first-order valence-electron chi connectivity index (χ1n) is 6.00. The normalized spacial score (nSPS) is 20.2. The zero-order valence-electron chi connectivity index (χ0n) is 10.1. The molecule has 0 aliphatic carbocycles. The van der Waals surface area contributed by atoms with Gasteiger partial charge in [-0.2, -0.15) is 5.10 Å². The molecule has 6 heteroatoms. The van der Waals surface area contributed by atoms with Crippen molar-refractivity contribution in [1.82, 2.24) is 14.8 Å². The van der Waals surface area contributed by atoms with E-state index in [1.807, 2.05) is 16.8 Å². The maximum Gasteiger partial charge on any atom is 0.213 e. The molecule has 5 nitrogen and oxygen atoms in total. The summed E-state index contributed by atoms with van der Waals surface area (Å²) in [4.78, 5) is 4.40. The molecule has 1 saturated heterocycles. The SMILES string of the molecule is COc1ccc2c(n1)c(Br)nn2C1CCCCO1. The lowest BCUT2D eigenvalue weighted by atomic mass is 10.2. The van der Waals surface area contributed by atoms with Gasteiger partial charge in [0.25, 0.3) is 0 Å². The third-order valence-corrected chi connectivity index (χ3v) is 3.66. The zero-order valence-corrected chi connectivity index (χ0v) is 11.7. The lowest BCUT2D eigenvalue weighted by Gasteiger charge is -2.23. The first kappa shape index (κ1) is 11.9. The molecule has 1 fully saturated rings. The minimum absolute atomic E-state index is 0.0164. The molecule has 0 bridgehead atoms. The van der Waals surface area contributed by atoms with E-state index >= 15 is 0 Å². The summed E-state index contributed by atoms with van der Waals surface area (Å²) in [5.74, 6) is 0.590. The quantitative estimate of drug-likeness (QED) is 0.855. The second-order valence-electron chi connectivity index (χ2n) is 4.28. The summed E-state index contributed by atoms with van der Waals surface area (Å²) in [6, 6.07) is 3.81. The summed E-state index contributed by atoms with van der Waals surface area (Å²) in [5, 5.41) is 4.48. The van der Waals surface area contributed by atoms with Crippen LogP contribution in [0.15, 0.2) is 16.7 Å². The predicted molar refractivity (Wildman–Crippen MR) is 70.6 cm³/mol.